The number of aliphatic carboxylic acids is 1. The number of carbonyl (C=O) groups excluding carboxylic acids is 1. The minimum absolute atomic E-state index is 0.0645. The topological polar surface area (TPSA) is 79.3 Å². The Kier molecular flexibility index (Phi) is 4.37. The lowest BCUT2D eigenvalue weighted by atomic mass is 9.93. The molecule has 1 amide bonds. The van der Waals surface area contributed by atoms with Gasteiger partial charge in [0.2, 0.25) is 5.91 Å². The van der Waals surface area contributed by atoms with Crippen LogP contribution in [0.1, 0.15) is 46.2 Å². The summed E-state index contributed by atoms with van der Waals surface area (Å²) in [5.41, 5.74) is 0.864. The van der Waals surface area contributed by atoms with E-state index >= 15 is 0 Å². The first-order valence-corrected chi connectivity index (χ1v) is 8.06. The number of amides is 1. The van der Waals surface area contributed by atoms with Gasteiger partial charge in [-0.2, -0.15) is 0 Å². The second-order valence-electron chi connectivity index (χ2n) is 6.90. The Hall–Kier alpha value is -1.43. The lowest BCUT2D eigenvalue weighted by molar-refractivity contribution is -0.145. The van der Waals surface area contributed by atoms with Gasteiger partial charge < -0.3 is 10.4 Å². The largest absolute Gasteiger partial charge is 0.481 e. The van der Waals surface area contributed by atoms with Crippen LogP contribution in [0.2, 0.25) is 0 Å². The molecule has 116 valence electrons. The Balaban J connectivity index is 2.07. The monoisotopic (exact) mass is 310 g/mol. The molecule has 0 aromatic carbocycles. The van der Waals surface area contributed by atoms with Crippen LogP contribution in [0.3, 0.4) is 0 Å². The molecule has 1 aliphatic rings. The van der Waals surface area contributed by atoms with E-state index in [2.05, 4.69) is 31.1 Å². The van der Waals surface area contributed by atoms with Crippen molar-refractivity contribution in [3.63, 3.8) is 0 Å². The highest BCUT2D eigenvalue weighted by Crippen LogP contribution is 2.37. The molecule has 0 saturated heterocycles. The maximum Gasteiger partial charge on any atom is 0.307 e. The zero-order valence-corrected chi connectivity index (χ0v) is 13.7. The van der Waals surface area contributed by atoms with Gasteiger partial charge in [-0.3, -0.25) is 9.59 Å². The third-order valence-corrected chi connectivity index (χ3v) is 4.71. The van der Waals surface area contributed by atoms with Crippen LogP contribution in [0.4, 0.5) is 5.13 Å². The highest BCUT2D eigenvalue weighted by Gasteiger charge is 2.41. The third kappa shape index (κ3) is 3.61. The van der Waals surface area contributed by atoms with Crippen molar-refractivity contribution in [2.45, 2.75) is 46.0 Å². The molecular weight excluding hydrogens is 288 g/mol. The Labute approximate surface area is 128 Å². The molecule has 1 aromatic rings. The first-order chi connectivity index (χ1) is 9.68. The molecule has 5 nitrogen and oxygen atoms in total. The first-order valence-electron chi connectivity index (χ1n) is 7.18. The standard InChI is InChI=1S/C15H22N2O3S/c1-8-5-9(10(6-8)13(19)20)12(18)17-14-16-11(7-21-14)15(2,3)4/h7-10H,5-6H2,1-4H3,(H,19,20)(H,16,17,18)/t8?,9-,10+/m0/s1. The lowest BCUT2D eigenvalue weighted by Gasteiger charge is -2.15. The molecule has 3 atom stereocenters. The van der Waals surface area contributed by atoms with Gasteiger partial charge in [0.05, 0.1) is 17.5 Å². The smallest absolute Gasteiger partial charge is 0.307 e. The summed E-state index contributed by atoms with van der Waals surface area (Å²) in [7, 11) is 0. The maximum atomic E-state index is 12.3. The van der Waals surface area contributed by atoms with Crippen molar-refractivity contribution in [2.24, 2.45) is 17.8 Å². The molecule has 21 heavy (non-hydrogen) atoms. The average Bonchev–Trinajstić information content (AvgIpc) is 2.94. The van der Waals surface area contributed by atoms with E-state index in [0.29, 0.717) is 18.0 Å². The fourth-order valence-corrected chi connectivity index (χ4v) is 3.67. The zero-order valence-electron chi connectivity index (χ0n) is 12.8. The van der Waals surface area contributed by atoms with Crippen LogP contribution in [0.5, 0.6) is 0 Å². The summed E-state index contributed by atoms with van der Waals surface area (Å²) in [4.78, 5) is 28.0. The SMILES string of the molecule is CC1C[C@H](C(=O)Nc2nc(C(C)(C)C)cs2)[C@H](C(=O)O)C1. The van der Waals surface area contributed by atoms with Crippen molar-refractivity contribution in [3.8, 4) is 0 Å². The fraction of sp³-hybridized carbons (Fsp3) is 0.667. The van der Waals surface area contributed by atoms with E-state index in [1.165, 1.54) is 11.3 Å². The van der Waals surface area contributed by atoms with Gasteiger partial charge in [0.15, 0.2) is 5.13 Å². The number of carboxylic acid groups (broad SMARTS) is 1. The van der Waals surface area contributed by atoms with E-state index in [4.69, 9.17) is 0 Å². The summed E-state index contributed by atoms with van der Waals surface area (Å²) in [6.07, 6.45) is 1.19. The molecule has 0 radical (unpaired) electrons. The molecule has 1 fully saturated rings. The fourth-order valence-electron chi connectivity index (χ4n) is 2.73. The number of thiazole rings is 1. The van der Waals surface area contributed by atoms with E-state index in [-0.39, 0.29) is 17.2 Å². The Bertz CT molecular complexity index is 547. The molecular formula is C15H22N2O3S. The Morgan fingerprint density at radius 2 is 1.95 bits per heavy atom. The van der Waals surface area contributed by atoms with Crippen molar-refractivity contribution in [2.75, 3.05) is 5.32 Å². The van der Waals surface area contributed by atoms with Crippen molar-refractivity contribution in [3.05, 3.63) is 11.1 Å². The predicted octanol–water partition coefficient (Wildman–Crippen LogP) is 3.13. The molecule has 2 rings (SSSR count). The number of rotatable bonds is 3. The van der Waals surface area contributed by atoms with Crippen LogP contribution >= 0.6 is 11.3 Å². The second kappa shape index (κ2) is 5.75. The van der Waals surface area contributed by atoms with E-state index in [0.717, 1.165) is 5.69 Å². The van der Waals surface area contributed by atoms with Gasteiger partial charge in [-0.05, 0) is 18.8 Å². The van der Waals surface area contributed by atoms with Gasteiger partial charge in [0.25, 0.3) is 0 Å². The van der Waals surface area contributed by atoms with Gasteiger partial charge in [-0.15, -0.1) is 11.3 Å². The van der Waals surface area contributed by atoms with Gasteiger partial charge >= 0.3 is 5.97 Å². The second-order valence-corrected chi connectivity index (χ2v) is 7.76. The van der Waals surface area contributed by atoms with E-state index in [9.17, 15) is 14.7 Å². The van der Waals surface area contributed by atoms with Gasteiger partial charge in [0, 0.05) is 10.8 Å². The normalized spacial score (nSPS) is 25.8. The van der Waals surface area contributed by atoms with Crippen LogP contribution in [-0.2, 0) is 15.0 Å². The number of aromatic nitrogens is 1. The highest BCUT2D eigenvalue weighted by atomic mass is 32.1. The average molecular weight is 310 g/mol. The van der Waals surface area contributed by atoms with Crippen molar-refractivity contribution in [1.29, 1.82) is 0 Å². The first kappa shape index (κ1) is 15.9. The molecule has 0 spiro atoms. The van der Waals surface area contributed by atoms with Gasteiger partial charge in [0.1, 0.15) is 0 Å². The lowest BCUT2D eigenvalue weighted by Crippen LogP contribution is -2.30. The van der Waals surface area contributed by atoms with Gasteiger partial charge in [-0.1, -0.05) is 27.7 Å². The van der Waals surface area contributed by atoms with E-state index in [1.807, 2.05) is 12.3 Å². The molecule has 1 unspecified atom stereocenters. The number of carboxylic acids is 1. The van der Waals surface area contributed by atoms with Gasteiger partial charge in [-0.25, -0.2) is 4.98 Å². The summed E-state index contributed by atoms with van der Waals surface area (Å²) in [5, 5.41) is 14.5. The molecule has 0 aliphatic heterocycles. The van der Waals surface area contributed by atoms with Crippen LogP contribution in [-0.4, -0.2) is 22.0 Å². The van der Waals surface area contributed by atoms with Crippen molar-refractivity contribution >= 4 is 28.3 Å². The summed E-state index contributed by atoms with van der Waals surface area (Å²) < 4.78 is 0. The molecule has 1 heterocycles. The van der Waals surface area contributed by atoms with Crippen LogP contribution in [0.15, 0.2) is 5.38 Å². The highest BCUT2D eigenvalue weighted by molar-refractivity contribution is 7.13. The summed E-state index contributed by atoms with van der Waals surface area (Å²) >= 11 is 1.38. The molecule has 0 bridgehead atoms. The molecule has 1 aromatic heterocycles. The van der Waals surface area contributed by atoms with Crippen molar-refractivity contribution in [1.82, 2.24) is 4.98 Å². The number of carbonyl (C=O) groups is 2. The summed E-state index contributed by atoms with van der Waals surface area (Å²) in [6, 6.07) is 0. The predicted molar refractivity (Wildman–Crippen MR) is 82.5 cm³/mol. The number of anilines is 1. The minimum Gasteiger partial charge on any atom is -0.481 e. The maximum absolute atomic E-state index is 12.3. The summed E-state index contributed by atoms with van der Waals surface area (Å²) in [5.74, 6) is -1.87. The van der Waals surface area contributed by atoms with Crippen molar-refractivity contribution < 1.29 is 14.7 Å². The number of hydrogen-bond acceptors (Lipinski definition) is 4. The molecule has 6 heteroatoms. The summed E-state index contributed by atoms with van der Waals surface area (Å²) in [6.45, 7) is 8.18. The number of nitrogens with one attached hydrogen (secondary N) is 1. The van der Waals surface area contributed by atoms with Crippen LogP contribution in [0, 0.1) is 17.8 Å². The quantitative estimate of drug-likeness (QED) is 0.899. The van der Waals surface area contributed by atoms with E-state index in [1.54, 1.807) is 0 Å². The number of nitrogens with zero attached hydrogens (tertiary/aromatic N) is 1. The molecule has 2 N–H and O–H groups in total. The molecule has 1 aliphatic carbocycles. The Morgan fingerprint density at radius 3 is 2.48 bits per heavy atom. The number of hydrogen-bond donors (Lipinski definition) is 2. The van der Waals surface area contributed by atoms with Crippen LogP contribution < -0.4 is 5.32 Å². The molecule has 1 saturated carbocycles. The third-order valence-electron chi connectivity index (χ3n) is 3.96. The van der Waals surface area contributed by atoms with E-state index < -0.39 is 17.8 Å². The van der Waals surface area contributed by atoms with Crippen LogP contribution in [0.25, 0.3) is 0 Å². The zero-order chi connectivity index (χ0) is 15.8. The Morgan fingerprint density at radius 1 is 1.33 bits per heavy atom. The minimum atomic E-state index is -0.881.